The Labute approximate surface area is 204 Å². The van der Waals surface area contributed by atoms with Gasteiger partial charge in [-0.05, 0) is 67.3 Å². The van der Waals surface area contributed by atoms with Gasteiger partial charge in [-0.3, -0.25) is 19.2 Å². The molecule has 2 amide bonds. The fourth-order valence-corrected chi connectivity index (χ4v) is 4.14. The molecule has 0 bridgehead atoms. The number of Topliss-reactive ketones (excluding diaryl/α,β-unsaturated/α-hetero) is 2. The van der Waals surface area contributed by atoms with Gasteiger partial charge in [0.05, 0.1) is 6.04 Å². The molecule has 35 heavy (non-hydrogen) atoms. The molecule has 1 aromatic heterocycles. The number of fused-ring (bicyclic) bond motifs is 1. The van der Waals surface area contributed by atoms with Gasteiger partial charge in [0, 0.05) is 36.7 Å². The summed E-state index contributed by atoms with van der Waals surface area (Å²) in [7, 11) is 0. The molecule has 0 radical (unpaired) electrons. The minimum atomic E-state index is -0.596. The van der Waals surface area contributed by atoms with Crippen LogP contribution in [-0.4, -0.2) is 39.3 Å². The maximum absolute atomic E-state index is 13.4. The molecule has 1 aliphatic heterocycles. The van der Waals surface area contributed by atoms with E-state index in [9.17, 15) is 19.2 Å². The number of rotatable bonds is 6. The van der Waals surface area contributed by atoms with E-state index in [0.29, 0.717) is 22.5 Å². The van der Waals surface area contributed by atoms with Gasteiger partial charge in [-0.25, -0.2) is 4.98 Å². The standard InChI is InChI=1S/C28H27N3O4/c1-17-4-11-26(29-15-17)30-27(34)22-8-5-20(6-9-22)16-31-19(3)25(33)14-23-13-21(12-18(2)32)7-10-24(23)28(31)35/h4-11,13,15,19H,12,14,16H2,1-3H3,(H,29,30,34)/t19-/m1/s1. The molecule has 2 aromatic carbocycles. The summed E-state index contributed by atoms with van der Waals surface area (Å²) in [4.78, 5) is 56.0. The maximum atomic E-state index is 13.4. The summed E-state index contributed by atoms with van der Waals surface area (Å²) in [5, 5.41) is 2.76. The van der Waals surface area contributed by atoms with Crippen molar-refractivity contribution in [3.63, 3.8) is 0 Å². The van der Waals surface area contributed by atoms with Crippen molar-refractivity contribution < 1.29 is 19.2 Å². The van der Waals surface area contributed by atoms with Crippen molar-refractivity contribution in [1.82, 2.24) is 9.88 Å². The molecule has 1 aliphatic rings. The monoisotopic (exact) mass is 469 g/mol. The van der Waals surface area contributed by atoms with Gasteiger partial charge in [0.2, 0.25) is 0 Å². The first kappa shape index (κ1) is 24.0. The van der Waals surface area contributed by atoms with Gasteiger partial charge >= 0.3 is 0 Å². The number of ketones is 2. The number of aryl methyl sites for hydroxylation is 1. The van der Waals surface area contributed by atoms with Crippen molar-refractivity contribution in [3.8, 4) is 0 Å². The summed E-state index contributed by atoms with van der Waals surface area (Å²) in [5.41, 5.74) is 4.21. The second kappa shape index (κ2) is 10.0. The molecule has 178 valence electrons. The van der Waals surface area contributed by atoms with Crippen molar-refractivity contribution in [2.75, 3.05) is 5.32 Å². The lowest BCUT2D eigenvalue weighted by atomic mass is 9.97. The zero-order valence-corrected chi connectivity index (χ0v) is 20.0. The molecular weight excluding hydrogens is 442 g/mol. The normalized spacial score (nSPS) is 15.4. The second-order valence-corrected chi connectivity index (χ2v) is 8.99. The van der Waals surface area contributed by atoms with E-state index in [0.717, 1.165) is 16.7 Å². The Balaban J connectivity index is 1.51. The van der Waals surface area contributed by atoms with Crippen LogP contribution < -0.4 is 5.32 Å². The molecule has 0 fully saturated rings. The summed E-state index contributed by atoms with van der Waals surface area (Å²) in [6, 6.07) is 15.2. The summed E-state index contributed by atoms with van der Waals surface area (Å²) in [6.45, 7) is 5.41. The Hall–Kier alpha value is -4.13. The third-order valence-electron chi connectivity index (χ3n) is 6.13. The van der Waals surface area contributed by atoms with Gasteiger partial charge in [-0.1, -0.05) is 30.3 Å². The van der Waals surface area contributed by atoms with E-state index in [4.69, 9.17) is 0 Å². The average Bonchev–Trinajstić information content (AvgIpc) is 2.90. The summed E-state index contributed by atoms with van der Waals surface area (Å²) in [5.74, 6) is -0.0629. The zero-order valence-electron chi connectivity index (χ0n) is 20.0. The predicted molar refractivity (Wildman–Crippen MR) is 132 cm³/mol. The first-order chi connectivity index (χ1) is 16.7. The number of hydrogen-bond donors (Lipinski definition) is 1. The predicted octanol–water partition coefficient (Wildman–Crippen LogP) is 3.93. The molecule has 1 atom stereocenters. The van der Waals surface area contributed by atoms with Crippen LogP contribution in [0.3, 0.4) is 0 Å². The molecule has 1 N–H and O–H groups in total. The number of hydrogen-bond acceptors (Lipinski definition) is 5. The molecule has 4 rings (SSSR count). The third-order valence-corrected chi connectivity index (χ3v) is 6.13. The molecule has 3 aromatic rings. The van der Waals surface area contributed by atoms with Crippen molar-refractivity contribution in [2.24, 2.45) is 0 Å². The van der Waals surface area contributed by atoms with Crippen LogP contribution in [0.15, 0.2) is 60.8 Å². The van der Waals surface area contributed by atoms with E-state index in [1.807, 2.05) is 13.0 Å². The molecule has 0 saturated carbocycles. The number of carbonyl (C=O) groups excluding carboxylic acids is 4. The molecular formula is C28H27N3O4. The van der Waals surface area contributed by atoms with Gasteiger partial charge in [0.25, 0.3) is 11.8 Å². The molecule has 7 heteroatoms. The number of pyridine rings is 1. The first-order valence-corrected chi connectivity index (χ1v) is 11.5. The molecule has 0 aliphatic carbocycles. The van der Waals surface area contributed by atoms with E-state index < -0.39 is 6.04 Å². The van der Waals surface area contributed by atoms with Crippen LogP contribution in [0, 0.1) is 6.92 Å². The number of nitrogens with one attached hydrogen (secondary N) is 1. The van der Waals surface area contributed by atoms with Gasteiger partial charge in [-0.2, -0.15) is 0 Å². The Morgan fingerprint density at radius 1 is 1.03 bits per heavy atom. The Morgan fingerprint density at radius 2 is 1.74 bits per heavy atom. The van der Waals surface area contributed by atoms with Crippen LogP contribution in [0.2, 0.25) is 0 Å². The van der Waals surface area contributed by atoms with Gasteiger partial charge in [-0.15, -0.1) is 0 Å². The van der Waals surface area contributed by atoms with Crippen molar-refractivity contribution in [2.45, 2.75) is 46.2 Å². The van der Waals surface area contributed by atoms with Crippen LogP contribution in [0.4, 0.5) is 5.82 Å². The lowest BCUT2D eigenvalue weighted by Gasteiger charge is -2.26. The lowest BCUT2D eigenvalue weighted by Crippen LogP contribution is -2.41. The largest absolute Gasteiger partial charge is 0.325 e. The van der Waals surface area contributed by atoms with Crippen LogP contribution in [0.5, 0.6) is 0 Å². The van der Waals surface area contributed by atoms with Crippen LogP contribution in [0.1, 0.15) is 56.8 Å². The van der Waals surface area contributed by atoms with Crippen LogP contribution >= 0.6 is 0 Å². The van der Waals surface area contributed by atoms with Gasteiger partial charge in [0.1, 0.15) is 11.6 Å². The molecule has 0 spiro atoms. The topological polar surface area (TPSA) is 96.4 Å². The third kappa shape index (κ3) is 5.51. The van der Waals surface area contributed by atoms with Crippen LogP contribution in [-0.2, 0) is 29.0 Å². The van der Waals surface area contributed by atoms with E-state index in [1.165, 1.54) is 6.92 Å². The fraction of sp³-hybridized carbons (Fsp3) is 0.250. The van der Waals surface area contributed by atoms with Crippen LogP contribution in [0.25, 0.3) is 0 Å². The Kier molecular flexibility index (Phi) is 6.87. The highest BCUT2D eigenvalue weighted by Crippen LogP contribution is 2.24. The smallest absolute Gasteiger partial charge is 0.256 e. The van der Waals surface area contributed by atoms with Crippen molar-refractivity contribution >= 4 is 29.2 Å². The van der Waals surface area contributed by atoms with Crippen molar-refractivity contribution in [3.05, 3.63) is 94.2 Å². The number of amides is 2. The number of benzene rings is 2. The quantitative estimate of drug-likeness (QED) is 0.590. The van der Waals surface area contributed by atoms with E-state index in [1.54, 1.807) is 66.6 Å². The summed E-state index contributed by atoms with van der Waals surface area (Å²) >= 11 is 0. The van der Waals surface area contributed by atoms with Gasteiger partial charge in [0.15, 0.2) is 5.78 Å². The number of carbonyl (C=O) groups is 4. The van der Waals surface area contributed by atoms with E-state index in [-0.39, 0.29) is 42.8 Å². The van der Waals surface area contributed by atoms with Gasteiger partial charge < -0.3 is 10.2 Å². The minimum Gasteiger partial charge on any atom is -0.325 e. The Morgan fingerprint density at radius 3 is 2.40 bits per heavy atom. The lowest BCUT2D eigenvalue weighted by molar-refractivity contribution is -0.122. The number of anilines is 1. The van der Waals surface area contributed by atoms with E-state index >= 15 is 0 Å². The maximum Gasteiger partial charge on any atom is 0.256 e. The number of aromatic nitrogens is 1. The van der Waals surface area contributed by atoms with E-state index in [2.05, 4.69) is 10.3 Å². The van der Waals surface area contributed by atoms with Crippen molar-refractivity contribution in [1.29, 1.82) is 0 Å². The molecule has 0 saturated heterocycles. The highest BCUT2D eigenvalue weighted by molar-refractivity contribution is 6.04. The SMILES string of the molecule is CC(=O)Cc1ccc2c(c1)CC(=O)[C@@H](C)N(Cc1ccc(C(=O)Nc3ccc(C)cn3)cc1)C2=O. The fourth-order valence-electron chi connectivity index (χ4n) is 4.14. The number of nitrogens with zero attached hydrogens (tertiary/aromatic N) is 2. The second-order valence-electron chi connectivity index (χ2n) is 8.99. The average molecular weight is 470 g/mol. The minimum absolute atomic E-state index is 0.0264. The zero-order chi connectivity index (χ0) is 25.1. The Bertz CT molecular complexity index is 1300. The highest BCUT2D eigenvalue weighted by Gasteiger charge is 2.32. The molecule has 0 unspecified atom stereocenters. The summed E-state index contributed by atoms with van der Waals surface area (Å²) < 4.78 is 0. The highest BCUT2D eigenvalue weighted by atomic mass is 16.2. The summed E-state index contributed by atoms with van der Waals surface area (Å²) in [6.07, 6.45) is 2.10. The molecule has 7 nitrogen and oxygen atoms in total. The molecule has 2 heterocycles. The first-order valence-electron chi connectivity index (χ1n) is 11.5.